The number of hydrogen-bond acceptors (Lipinski definition) is 5. The molecule has 0 unspecified atom stereocenters. The quantitative estimate of drug-likeness (QED) is 0.368. The van der Waals surface area contributed by atoms with Crippen LogP contribution >= 0.6 is 0 Å². The molecule has 2 aromatic rings. The first-order valence-electron chi connectivity index (χ1n) is 10.4. The molecule has 32 heavy (non-hydrogen) atoms. The fraction of sp³-hybridized carbons (Fsp3) is 0.400. The van der Waals surface area contributed by atoms with Crippen molar-refractivity contribution >= 4 is 29.3 Å². The Morgan fingerprint density at radius 1 is 0.781 bits per heavy atom. The monoisotopic (exact) mass is 438 g/mol. The minimum absolute atomic E-state index is 0.00693. The topological polar surface area (TPSA) is 114 Å². The lowest BCUT2D eigenvalue weighted by Gasteiger charge is -2.17. The fourth-order valence-corrected chi connectivity index (χ4v) is 2.27. The van der Waals surface area contributed by atoms with Gasteiger partial charge < -0.3 is 16.4 Å². The van der Waals surface area contributed by atoms with Gasteiger partial charge in [-0.2, -0.15) is 4.99 Å². The normalized spacial score (nSPS) is 10.8. The van der Waals surface area contributed by atoms with Gasteiger partial charge in [-0.3, -0.25) is 9.59 Å². The van der Waals surface area contributed by atoms with Gasteiger partial charge in [0.05, 0.1) is 5.69 Å². The van der Waals surface area contributed by atoms with E-state index in [1.807, 2.05) is 77.9 Å². The molecule has 0 heterocycles. The molecule has 0 bridgehead atoms. The average Bonchev–Trinajstić information content (AvgIpc) is 2.71. The Labute approximate surface area is 190 Å². The third-order valence-corrected chi connectivity index (χ3v) is 4.36. The van der Waals surface area contributed by atoms with Gasteiger partial charge in [-0.25, -0.2) is 4.79 Å². The van der Waals surface area contributed by atoms with Crippen LogP contribution in [0.5, 0.6) is 0 Å². The Morgan fingerprint density at radius 2 is 1.16 bits per heavy atom. The van der Waals surface area contributed by atoms with Crippen LogP contribution in [-0.2, 0) is 27.5 Å². The number of carbonyl (C=O) groups excluding carboxylic acids is 3. The number of nitrogens with two attached hydrogens (primary N) is 1. The van der Waals surface area contributed by atoms with Gasteiger partial charge in [0.25, 0.3) is 0 Å². The number of isocyanates is 1. The third kappa shape index (κ3) is 10.0. The van der Waals surface area contributed by atoms with Gasteiger partial charge in [-0.05, 0) is 35.4 Å². The fourth-order valence-electron chi connectivity index (χ4n) is 2.27. The highest BCUT2D eigenvalue weighted by molar-refractivity contribution is 5.81. The standard InChI is InChI=1S/C13H16N2O2.C12H18N2O/c1-13(2,3)12(17)14-8-10-4-6-11(7-5-10)15-9-16;1-12(2,3)11(15)14-8-9-4-6-10(13)7-5-9/h4-7H,8H2,1-3H3,(H,14,17);4-7H,8,13H2,1-3H3,(H,14,15). The lowest BCUT2D eigenvalue weighted by atomic mass is 9.95. The molecule has 2 amide bonds. The van der Waals surface area contributed by atoms with E-state index in [2.05, 4.69) is 15.6 Å². The lowest BCUT2D eigenvalue weighted by molar-refractivity contribution is -0.129. The number of amides is 2. The molecule has 0 aliphatic carbocycles. The van der Waals surface area contributed by atoms with Crippen LogP contribution in [0.15, 0.2) is 53.5 Å². The second kappa shape index (κ2) is 11.8. The van der Waals surface area contributed by atoms with Gasteiger partial charge in [0.2, 0.25) is 17.9 Å². The van der Waals surface area contributed by atoms with Crippen LogP contribution in [0.25, 0.3) is 0 Å². The number of carbonyl (C=O) groups is 2. The zero-order valence-electron chi connectivity index (χ0n) is 19.8. The van der Waals surface area contributed by atoms with Crippen LogP contribution in [-0.4, -0.2) is 17.9 Å². The van der Waals surface area contributed by atoms with Crippen molar-refractivity contribution in [1.82, 2.24) is 10.6 Å². The summed E-state index contributed by atoms with van der Waals surface area (Å²) in [5, 5.41) is 5.72. The van der Waals surface area contributed by atoms with Crippen molar-refractivity contribution < 1.29 is 14.4 Å². The van der Waals surface area contributed by atoms with E-state index < -0.39 is 0 Å². The van der Waals surface area contributed by atoms with Gasteiger partial charge in [-0.1, -0.05) is 65.8 Å². The lowest BCUT2D eigenvalue weighted by Crippen LogP contribution is -2.34. The first kappa shape index (κ1) is 26.6. The number of benzene rings is 2. The van der Waals surface area contributed by atoms with E-state index in [0.29, 0.717) is 18.8 Å². The van der Waals surface area contributed by atoms with Crippen LogP contribution in [0.2, 0.25) is 0 Å². The van der Waals surface area contributed by atoms with E-state index in [1.165, 1.54) is 6.08 Å². The minimum atomic E-state index is -0.387. The van der Waals surface area contributed by atoms with Gasteiger partial charge in [0, 0.05) is 29.6 Å². The molecule has 0 spiro atoms. The number of nitrogen functional groups attached to an aromatic ring is 1. The highest BCUT2D eigenvalue weighted by atomic mass is 16.2. The van der Waals surface area contributed by atoms with E-state index in [9.17, 15) is 14.4 Å². The maximum absolute atomic E-state index is 11.6. The molecular formula is C25H34N4O3. The summed E-state index contributed by atoms with van der Waals surface area (Å²) >= 11 is 0. The van der Waals surface area contributed by atoms with Gasteiger partial charge in [0.15, 0.2) is 0 Å². The van der Waals surface area contributed by atoms with Crippen molar-refractivity contribution in [2.24, 2.45) is 15.8 Å². The molecule has 0 aliphatic heterocycles. The molecule has 172 valence electrons. The first-order chi connectivity index (χ1) is 14.8. The zero-order chi connectivity index (χ0) is 24.4. The van der Waals surface area contributed by atoms with Crippen LogP contribution in [0, 0.1) is 10.8 Å². The molecule has 7 heteroatoms. The highest BCUT2D eigenvalue weighted by Crippen LogP contribution is 2.15. The number of rotatable bonds is 5. The summed E-state index contributed by atoms with van der Waals surface area (Å²) in [5.41, 5.74) is 8.16. The Balaban J connectivity index is 0.000000323. The average molecular weight is 439 g/mol. The molecule has 0 saturated carbocycles. The maximum Gasteiger partial charge on any atom is 0.240 e. The Hall–Kier alpha value is -3.44. The van der Waals surface area contributed by atoms with E-state index in [-0.39, 0.29) is 22.6 Å². The second-order valence-corrected chi connectivity index (χ2v) is 9.48. The Morgan fingerprint density at radius 3 is 1.50 bits per heavy atom. The van der Waals surface area contributed by atoms with Crippen molar-refractivity contribution in [2.75, 3.05) is 5.73 Å². The second-order valence-electron chi connectivity index (χ2n) is 9.48. The summed E-state index contributed by atoms with van der Waals surface area (Å²) in [5.74, 6) is 0.0619. The number of anilines is 1. The predicted molar refractivity (Wildman–Crippen MR) is 128 cm³/mol. The first-order valence-corrected chi connectivity index (χ1v) is 10.4. The molecule has 0 aliphatic rings. The molecule has 4 N–H and O–H groups in total. The summed E-state index contributed by atoms with van der Waals surface area (Å²) in [7, 11) is 0. The predicted octanol–water partition coefficient (Wildman–Crippen LogP) is 4.25. The molecule has 0 saturated heterocycles. The SMILES string of the molecule is CC(C)(C)C(=O)NCc1ccc(N)cc1.CC(C)(C)C(=O)NCc1ccc(N=C=O)cc1. The summed E-state index contributed by atoms with van der Waals surface area (Å²) in [6.45, 7) is 12.3. The van der Waals surface area contributed by atoms with E-state index in [4.69, 9.17) is 5.73 Å². The van der Waals surface area contributed by atoms with E-state index in [1.54, 1.807) is 12.1 Å². The van der Waals surface area contributed by atoms with E-state index in [0.717, 1.165) is 16.8 Å². The van der Waals surface area contributed by atoms with Crippen molar-refractivity contribution in [3.8, 4) is 0 Å². The molecule has 0 aromatic heterocycles. The number of aliphatic imine (C=N–C) groups is 1. The largest absolute Gasteiger partial charge is 0.399 e. The smallest absolute Gasteiger partial charge is 0.240 e. The molecule has 0 fully saturated rings. The molecule has 2 rings (SSSR count). The Kier molecular flexibility index (Phi) is 9.82. The van der Waals surface area contributed by atoms with E-state index >= 15 is 0 Å². The molecular weight excluding hydrogens is 404 g/mol. The van der Waals surface area contributed by atoms with Gasteiger partial charge in [-0.15, -0.1) is 0 Å². The van der Waals surface area contributed by atoms with Crippen LogP contribution in [0.4, 0.5) is 11.4 Å². The summed E-state index contributed by atoms with van der Waals surface area (Å²) in [6.07, 6.45) is 1.48. The van der Waals surface area contributed by atoms with Gasteiger partial charge >= 0.3 is 0 Å². The molecule has 7 nitrogen and oxygen atoms in total. The van der Waals surface area contributed by atoms with Gasteiger partial charge in [0.1, 0.15) is 0 Å². The number of hydrogen-bond donors (Lipinski definition) is 3. The summed E-state index contributed by atoms with van der Waals surface area (Å²) < 4.78 is 0. The van der Waals surface area contributed by atoms with Crippen molar-refractivity contribution in [3.05, 3.63) is 59.7 Å². The minimum Gasteiger partial charge on any atom is -0.399 e. The van der Waals surface area contributed by atoms with Crippen molar-refractivity contribution in [1.29, 1.82) is 0 Å². The van der Waals surface area contributed by atoms with Crippen molar-refractivity contribution in [2.45, 2.75) is 54.6 Å². The molecule has 2 aromatic carbocycles. The highest BCUT2D eigenvalue weighted by Gasteiger charge is 2.21. The Bertz CT molecular complexity index is 931. The van der Waals surface area contributed by atoms with Crippen LogP contribution < -0.4 is 16.4 Å². The number of nitrogens with one attached hydrogen (secondary N) is 2. The number of nitrogens with zero attached hydrogens (tertiary/aromatic N) is 1. The van der Waals surface area contributed by atoms with Crippen molar-refractivity contribution in [3.63, 3.8) is 0 Å². The van der Waals surface area contributed by atoms with Crippen LogP contribution in [0.1, 0.15) is 52.7 Å². The maximum atomic E-state index is 11.6. The zero-order valence-corrected chi connectivity index (χ0v) is 19.8. The van der Waals surface area contributed by atoms with Crippen LogP contribution in [0.3, 0.4) is 0 Å². The summed E-state index contributed by atoms with van der Waals surface area (Å²) in [6, 6.07) is 14.6. The summed E-state index contributed by atoms with van der Waals surface area (Å²) in [4.78, 5) is 36.7. The molecule has 0 radical (unpaired) electrons. The third-order valence-electron chi connectivity index (χ3n) is 4.36. The molecule has 0 atom stereocenters.